The van der Waals surface area contributed by atoms with E-state index in [0.717, 1.165) is 29.1 Å². The van der Waals surface area contributed by atoms with Gasteiger partial charge < -0.3 is 24.2 Å². The lowest BCUT2D eigenvalue weighted by Gasteiger charge is -2.29. The van der Waals surface area contributed by atoms with Crippen LogP contribution in [-0.4, -0.2) is 49.3 Å². The number of aromatic nitrogens is 1. The fourth-order valence-electron chi connectivity index (χ4n) is 3.92. The number of hydrogen-bond donors (Lipinski definition) is 1. The van der Waals surface area contributed by atoms with Gasteiger partial charge in [0.1, 0.15) is 12.4 Å². The van der Waals surface area contributed by atoms with Gasteiger partial charge in [0.15, 0.2) is 11.5 Å². The highest BCUT2D eigenvalue weighted by atomic mass is 16.5. The SMILES string of the molecule is COc1cc(C=CC(=O)NCC(C)CN2CCCCC2)ccc1OCc1c(C)noc1C. The normalized spacial score (nSPS) is 15.6. The number of rotatable bonds is 10. The van der Waals surface area contributed by atoms with Gasteiger partial charge in [-0.1, -0.05) is 24.6 Å². The molecule has 1 aromatic carbocycles. The number of benzene rings is 1. The maximum Gasteiger partial charge on any atom is 0.244 e. The van der Waals surface area contributed by atoms with E-state index in [4.69, 9.17) is 14.0 Å². The quantitative estimate of drug-likeness (QED) is 0.559. The standard InChI is InChI=1S/C25H35N3O4/c1-18(16-28-12-6-5-7-13-28)15-26-25(29)11-9-21-8-10-23(24(14-21)30-4)31-17-22-19(2)27-32-20(22)3/h8-11,14,18H,5-7,12-13,15-17H2,1-4H3,(H,26,29). The van der Waals surface area contributed by atoms with Gasteiger partial charge in [0.2, 0.25) is 5.91 Å². The Balaban J connectivity index is 1.49. The number of carbonyl (C=O) groups excluding carboxylic acids is 1. The van der Waals surface area contributed by atoms with Crippen LogP contribution in [0.1, 0.15) is 48.8 Å². The van der Waals surface area contributed by atoms with E-state index in [0.29, 0.717) is 30.6 Å². The van der Waals surface area contributed by atoms with Crippen molar-refractivity contribution >= 4 is 12.0 Å². The molecule has 7 nitrogen and oxygen atoms in total. The number of carbonyl (C=O) groups is 1. The summed E-state index contributed by atoms with van der Waals surface area (Å²) in [5.41, 5.74) is 2.61. The van der Waals surface area contributed by atoms with E-state index in [9.17, 15) is 4.79 Å². The highest BCUT2D eigenvalue weighted by molar-refractivity contribution is 5.91. The number of nitrogens with one attached hydrogen (secondary N) is 1. The zero-order chi connectivity index (χ0) is 22.9. The van der Waals surface area contributed by atoms with Crippen LogP contribution in [0.25, 0.3) is 6.08 Å². The lowest BCUT2D eigenvalue weighted by atomic mass is 10.1. The van der Waals surface area contributed by atoms with Crippen LogP contribution in [-0.2, 0) is 11.4 Å². The fourth-order valence-corrected chi connectivity index (χ4v) is 3.92. The molecule has 2 heterocycles. The van der Waals surface area contributed by atoms with Crippen molar-refractivity contribution in [3.05, 3.63) is 46.9 Å². The molecule has 0 spiro atoms. The molecule has 0 saturated carbocycles. The minimum Gasteiger partial charge on any atom is -0.493 e. The van der Waals surface area contributed by atoms with Gasteiger partial charge in [-0.15, -0.1) is 0 Å². The van der Waals surface area contributed by atoms with E-state index < -0.39 is 0 Å². The maximum atomic E-state index is 12.2. The van der Waals surface area contributed by atoms with Crippen molar-refractivity contribution in [2.24, 2.45) is 5.92 Å². The van der Waals surface area contributed by atoms with Gasteiger partial charge in [0, 0.05) is 19.2 Å². The summed E-state index contributed by atoms with van der Waals surface area (Å²) < 4.78 is 16.6. The molecule has 1 saturated heterocycles. The van der Waals surface area contributed by atoms with Crippen LogP contribution in [0.15, 0.2) is 28.8 Å². The molecule has 32 heavy (non-hydrogen) atoms. The van der Waals surface area contributed by atoms with E-state index in [1.54, 1.807) is 19.3 Å². The number of amides is 1. The summed E-state index contributed by atoms with van der Waals surface area (Å²) in [6, 6.07) is 5.59. The van der Waals surface area contributed by atoms with Crippen LogP contribution in [0, 0.1) is 19.8 Å². The molecule has 1 atom stereocenters. The smallest absolute Gasteiger partial charge is 0.244 e. The number of hydrogen-bond acceptors (Lipinski definition) is 6. The van der Waals surface area contributed by atoms with E-state index >= 15 is 0 Å². The molecule has 1 aliphatic rings. The summed E-state index contributed by atoms with van der Waals surface area (Å²) in [7, 11) is 1.60. The van der Waals surface area contributed by atoms with Crippen molar-refractivity contribution < 1.29 is 18.8 Å². The summed E-state index contributed by atoms with van der Waals surface area (Å²) in [6.45, 7) is 10.4. The monoisotopic (exact) mass is 441 g/mol. The van der Waals surface area contributed by atoms with Crippen molar-refractivity contribution in [2.75, 3.05) is 33.3 Å². The molecule has 0 bridgehead atoms. The van der Waals surface area contributed by atoms with Crippen LogP contribution in [0.4, 0.5) is 0 Å². The molecule has 174 valence electrons. The minimum absolute atomic E-state index is 0.0896. The molecule has 1 aliphatic heterocycles. The largest absolute Gasteiger partial charge is 0.493 e. The second kappa shape index (κ2) is 11.7. The van der Waals surface area contributed by atoms with Crippen LogP contribution < -0.4 is 14.8 Å². The molecule has 3 rings (SSSR count). The molecule has 2 aromatic rings. The fraction of sp³-hybridized carbons (Fsp3) is 0.520. The molecule has 0 aliphatic carbocycles. The lowest BCUT2D eigenvalue weighted by molar-refractivity contribution is -0.116. The molecular formula is C25H35N3O4. The summed E-state index contributed by atoms with van der Waals surface area (Å²) in [6.07, 6.45) is 7.26. The Labute approximate surface area is 190 Å². The molecule has 1 amide bonds. The first-order chi connectivity index (χ1) is 15.5. The first kappa shape index (κ1) is 23.9. The minimum atomic E-state index is -0.0896. The maximum absolute atomic E-state index is 12.2. The van der Waals surface area contributed by atoms with Gasteiger partial charge in [0.25, 0.3) is 0 Å². The molecule has 1 unspecified atom stereocenters. The number of aryl methyl sites for hydroxylation is 2. The Kier molecular flexibility index (Phi) is 8.73. The molecule has 7 heteroatoms. The second-order valence-electron chi connectivity index (χ2n) is 8.55. The van der Waals surface area contributed by atoms with Crippen LogP contribution in [0.5, 0.6) is 11.5 Å². The second-order valence-corrected chi connectivity index (χ2v) is 8.55. The summed E-state index contributed by atoms with van der Waals surface area (Å²) >= 11 is 0. The number of likely N-dealkylation sites (tertiary alicyclic amines) is 1. The highest BCUT2D eigenvalue weighted by Crippen LogP contribution is 2.30. The Bertz CT molecular complexity index is 896. The van der Waals surface area contributed by atoms with Crippen LogP contribution in [0.2, 0.25) is 0 Å². The van der Waals surface area contributed by atoms with Gasteiger partial charge in [-0.3, -0.25) is 4.79 Å². The predicted octanol–water partition coefficient (Wildman–Crippen LogP) is 4.13. The third-order valence-corrected chi connectivity index (χ3v) is 5.81. The lowest BCUT2D eigenvalue weighted by Crippen LogP contribution is -2.37. The average molecular weight is 442 g/mol. The third kappa shape index (κ3) is 6.85. The molecule has 1 aromatic heterocycles. The summed E-state index contributed by atoms with van der Waals surface area (Å²) in [5, 5.41) is 6.95. The zero-order valence-electron chi connectivity index (χ0n) is 19.6. The Morgan fingerprint density at radius 3 is 2.72 bits per heavy atom. The third-order valence-electron chi connectivity index (χ3n) is 5.81. The van der Waals surface area contributed by atoms with Crippen molar-refractivity contribution in [2.45, 2.75) is 46.6 Å². The van der Waals surface area contributed by atoms with Crippen molar-refractivity contribution in [3.63, 3.8) is 0 Å². The van der Waals surface area contributed by atoms with Crippen LogP contribution >= 0.6 is 0 Å². The molecule has 1 N–H and O–H groups in total. The molecule has 1 fully saturated rings. The van der Waals surface area contributed by atoms with Gasteiger partial charge >= 0.3 is 0 Å². The topological polar surface area (TPSA) is 76.8 Å². The Hall–Kier alpha value is -2.80. The summed E-state index contributed by atoms with van der Waals surface area (Å²) in [5.74, 6) is 2.32. The van der Waals surface area contributed by atoms with E-state index in [2.05, 4.69) is 22.3 Å². The van der Waals surface area contributed by atoms with Crippen molar-refractivity contribution in [3.8, 4) is 11.5 Å². The number of ether oxygens (including phenoxy) is 2. The predicted molar refractivity (Wildman–Crippen MR) is 125 cm³/mol. The number of nitrogens with zero attached hydrogens (tertiary/aromatic N) is 2. The average Bonchev–Trinajstić information content (AvgIpc) is 3.12. The van der Waals surface area contributed by atoms with Gasteiger partial charge in [-0.25, -0.2) is 0 Å². The first-order valence-corrected chi connectivity index (χ1v) is 11.4. The van der Waals surface area contributed by atoms with Gasteiger partial charge in [0.05, 0.1) is 18.4 Å². The van der Waals surface area contributed by atoms with Gasteiger partial charge in [-0.05, 0) is 69.5 Å². The van der Waals surface area contributed by atoms with Crippen molar-refractivity contribution in [1.82, 2.24) is 15.4 Å². The van der Waals surface area contributed by atoms with E-state index in [1.165, 1.54) is 32.4 Å². The van der Waals surface area contributed by atoms with Crippen LogP contribution in [0.3, 0.4) is 0 Å². The number of piperidine rings is 1. The van der Waals surface area contributed by atoms with Gasteiger partial charge in [-0.2, -0.15) is 0 Å². The first-order valence-electron chi connectivity index (χ1n) is 11.4. The van der Waals surface area contributed by atoms with E-state index in [1.807, 2.05) is 32.0 Å². The molecule has 0 radical (unpaired) electrons. The van der Waals surface area contributed by atoms with Crippen molar-refractivity contribution in [1.29, 1.82) is 0 Å². The Morgan fingerprint density at radius 2 is 2.03 bits per heavy atom. The Morgan fingerprint density at radius 1 is 1.25 bits per heavy atom. The van der Waals surface area contributed by atoms with E-state index in [-0.39, 0.29) is 5.91 Å². The summed E-state index contributed by atoms with van der Waals surface area (Å²) in [4.78, 5) is 14.7. The number of methoxy groups -OCH3 is 1. The molecular weight excluding hydrogens is 406 g/mol. The highest BCUT2D eigenvalue weighted by Gasteiger charge is 2.14. The zero-order valence-corrected chi connectivity index (χ0v) is 19.6.